The molecular weight excluding hydrogens is 284 g/mol. The monoisotopic (exact) mass is 304 g/mol. The van der Waals surface area contributed by atoms with Crippen molar-refractivity contribution in [2.75, 3.05) is 7.11 Å². The van der Waals surface area contributed by atoms with Crippen LogP contribution in [0.5, 0.6) is 5.75 Å². The molecule has 1 N–H and O–H groups in total. The first-order chi connectivity index (χ1) is 9.82. The van der Waals surface area contributed by atoms with Gasteiger partial charge >= 0.3 is 0 Å². The summed E-state index contributed by atoms with van der Waals surface area (Å²) in [5.74, 6) is 0.607. The van der Waals surface area contributed by atoms with Crippen molar-refractivity contribution in [1.82, 2.24) is 0 Å². The number of hydrogen-bond acceptors (Lipinski definition) is 2. The summed E-state index contributed by atoms with van der Waals surface area (Å²) in [4.78, 5) is 0. The Bertz CT molecular complexity index is 612. The molecule has 1 atom stereocenters. The minimum Gasteiger partial charge on any atom is -0.495 e. The van der Waals surface area contributed by atoms with Gasteiger partial charge in [0.05, 0.1) is 12.1 Å². The van der Waals surface area contributed by atoms with Crippen LogP contribution in [0.3, 0.4) is 0 Å². The predicted molar refractivity (Wildman–Crippen MR) is 87.2 cm³/mol. The topological polar surface area (TPSA) is 29.5 Å². The Morgan fingerprint density at radius 1 is 1.00 bits per heavy atom. The second-order valence-corrected chi connectivity index (χ2v) is 6.58. The van der Waals surface area contributed by atoms with Crippen LogP contribution in [0.15, 0.2) is 42.5 Å². The average Bonchev–Trinajstić information content (AvgIpc) is 2.45. The number of aliphatic hydroxyl groups is 1. The molecule has 112 valence electrons. The molecule has 3 heteroatoms. The molecule has 1 unspecified atom stereocenters. The molecule has 21 heavy (non-hydrogen) atoms. The Labute approximate surface area is 131 Å². The van der Waals surface area contributed by atoms with Gasteiger partial charge in [0.1, 0.15) is 11.9 Å². The van der Waals surface area contributed by atoms with Crippen LogP contribution in [0.1, 0.15) is 43.6 Å². The second kappa shape index (κ2) is 6.08. The molecule has 0 spiro atoms. The summed E-state index contributed by atoms with van der Waals surface area (Å²) in [7, 11) is 1.57. The molecule has 2 aromatic rings. The molecular formula is C18H21ClO2. The fourth-order valence-electron chi connectivity index (χ4n) is 2.21. The van der Waals surface area contributed by atoms with E-state index < -0.39 is 6.10 Å². The number of ether oxygens (including phenoxy) is 1. The lowest BCUT2D eigenvalue weighted by Crippen LogP contribution is -2.11. The van der Waals surface area contributed by atoms with Crippen molar-refractivity contribution >= 4 is 11.6 Å². The van der Waals surface area contributed by atoms with E-state index in [0.717, 1.165) is 11.1 Å². The summed E-state index contributed by atoms with van der Waals surface area (Å²) >= 11 is 6.11. The largest absolute Gasteiger partial charge is 0.495 e. The third-order valence-electron chi connectivity index (χ3n) is 3.58. The van der Waals surface area contributed by atoms with Gasteiger partial charge in [0.2, 0.25) is 0 Å². The first-order valence-electron chi connectivity index (χ1n) is 6.95. The van der Waals surface area contributed by atoms with Crippen LogP contribution in [0, 0.1) is 0 Å². The van der Waals surface area contributed by atoms with Gasteiger partial charge in [0.15, 0.2) is 0 Å². The number of rotatable bonds is 3. The first-order valence-corrected chi connectivity index (χ1v) is 7.32. The van der Waals surface area contributed by atoms with Gasteiger partial charge < -0.3 is 9.84 Å². The van der Waals surface area contributed by atoms with Crippen molar-refractivity contribution in [1.29, 1.82) is 0 Å². The van der Waals surface area contributed by atoms with E-state index in [1.165, 1.54) is 5.56 Å². The summed E-state index contributed by atoms with van der Waals surface area (Å²) in [6, 6.07) is 13.4. The molecule has 0 aliphatic heterocycles. The molecule has 0 saturated heterocycles. The van der Waals surface area contributed by atoms with Crippen molar-refractivity contribution in [2.24, 2.45) is 0 Å². The van der Waals surface area contributed by atoms with Crippen molar-refractivity contribution in [2.45, 2.75) is 32.3 Å². The van der Waals surface area contributed by atoms with Gasteiger partial charge in [-0.15, -0.1) is 0 Å². The van der Waals surface area contributed by atoms with Gasteiger partial charge in [-0.2, -0.15) is 0 Å². The zero-order chi connectivity index (χ0) is 15.6. The quantitative estimate of drug-likeness (QED) is 0.888. The highest BCUT2D eigenvalue weighted by Gasteiger charge is 2.16. The minimum absolute atomic E-state index is 0.104. The predicted octanol–water partition coefficient (Wildman–Crippen LogP) is 4.73. The lowest BCUT2D eigenvalue weighted by Gasteiger charge is -2.20. The normalized spacial score (nSPS) is 13.0. The number of methoxy groups -OCH3 is 1. The Kier molecular flexibility index (Phi) is 4.60. The Morgan fingerprint density at radius 3 is 2.05 bits per heavy atom. The zero-order valence-electron chi connectivity index (χ0n) is 12.9. The summed E-state index contributed by atoms with van der Waals surface area (Å²) in [6.45, 7) is 6.51. The molecule has 2 rings (SSSR count). The van der Waals surface area contributed by atoms with Crippen molar-refractivity contribution < 1.29 is 9.84 Å². The summed E-state index contributed by atoms with van der Waals surface area (Å²) in [5, 5.41) is 11.0. The SMILES string of the molecule is COc1ccc(C(O)c2ccc(C(C)(C)C)cc2)cc1Cl. The van der Waals surface area contributed by atoms with Crippen LogP contribution >= 0.6 is 11.6 Å². The van der Waals surface area contributed by atoms with Crippen LogP contribution in [0.2, 0.25) is 5.02 Å². The Morgan fingerprint density at radius 2 is 1.57 bits per heavy atom. The highest BCUT2D eigenvalue weighted by atomic mass is 35.5. The molecule has 0 bridgehead atoms. The van der Waals surface area contributed by atoms with Gasteiger partial charge in [-0.25, -0.2) is 0 Å². The van der Waals surface area contributed by atoms with E-state index in [2.05, 4.69) is 32.9 Å². The van der Waals surface area contributed by atoms with Crippen LogP contribution in [0.4, 0.5) is 0 Å². The van der Waals surface area contributed by atoms with Crippen LogP contribution in [0.25, 0.3) is 0 Å². The lowest BCUT2D eigenvalue weighted by molar-refractivity contribution is 0.220. The molecule has 0 aliphatic carbocycles. The van der Waals surface area contributed by atoms with E-state index >= 15 is 0 Å². The highest BCUT2D eigenvalue weighted by molar-refractivity contribution is 6.32. The third-order valence-corrected chi connectivity index (χ3v) is 3.88. The zero-order valence-corrected chi connectivity index (χ0v) is 13.6. The molecule has 0 saturated carbocycles. The third kappa shape index (κ3) is 3.58. The van der Waals surface area contributed by atoms with E-state index in [9.17, 15) is 5.11 Å². The van der Waals surface area contributed by atoms with Gasteiger partial charge in [0.25, 0.3) is 0 Å². The molecule has 0 radical (unpaired) electrons. The minimum atomic E-state index is -0.692. The number of benzene rings is 2. The van der Waals surface area contributed by atoms with Gasteiger partial charge in [-0.1, -0.05) is 62.7 Å². The molecule has 0 aromatic heterocycles. The van der Waals surface area contributed by atoms with Crippen molar-refractivity contribution in [3.63, 3.8) is 0 Å². The molecule has 0 fully saturated rings. The molecule has 2 aromatic carbocycles. The fraction of sp³-hybridized carbons (Fsp3) is 0.333. The number of halogens is 1. The number of aliphatic hydroxyl groups excluding tert-OH is 1. The maximum Gasteiger partial charge on any atom is 0.137 e. The van der Waals surface area contributed by atoms with Crippen molar-refractivity contribution in [3.8, 4) is 5.75 Å². The molecule has 2 nitrogen and oxygen atoms in total. The molecule has 0 heterocycles. The van der Waals surface area contributed by atoms with Gasteiger partial charge in [0, 0.05) is 0 Å². The van der Waals surface area contributed by atoms with Crippen LogP contribution in [-0.2, 0) is 5.41 Å². The Hall–Kier alpha value is -1.51. The van der Waals surface area contributed by atoms with Gasteiger partial charge in [-0.05, 0) is 34.2 Å². The van der Waals surface area contributed by atoms with E-state index in [0.29, 0.717) is 10.8 Å². The van der Waals surface area contributed by atoms with Crippen LogP contribution in [-0.4, -0.2) is 12.2 Å². The highest BCUT2D eigenvalue weighted by Crippen LogP contribution is 2.31. The Balaban J connectivity index is 2.27. The standard InChI is InChI=1S/C18H21ClO2/c1-18(2,3)14-8-5-12(6-9-14)17(20)13-7-10-16(21-4)15(19)11-13/h5-11,17,20H,1-4H3. The maximum absolute atomic E-state index is 10.5. The smallest absolute Gasteiger partial charge is 0.137 e. The molecule has 0 amide bonds. The second-order valence-electron chi connectivity index (χ2n) is 6.17. The summed E-state index contributed by atoms with van der Waals surface area (Å²) < 4.78 is 5.13. The van der Waals surface area contributed by atoms with E-state index in [-0.39, 0.29) is 5.41 Å². The number of hydrogen-bond donors (Lipinski definition) is 1. The fourth-order valence-corrected chi connectivity index (χ4v) is 2.48. The van der Waals surface area contributed by atoms with Crippen molar-refractivity contribution in [3.05, 3.63) is 64.2 Å². The molecule has 0 aliphatic rings. The average molecular weight is 305 g/mol. The lowest BCUT2D eigenvalue weighted by atomic mass is 9.86. The van der Waals surface area contributed by atoms with E-state index in [1.807, 2.05) is 18.2 Å². The first kappa shape index (κ1) is 15.9. The van der Waals surface area contributed by atoms with E-state index in [4.69, 9.17) is 16.3 Å². The maximum atomic E-state index is 10.5. The van der Waals surface area contributed by atoms with Gasteiger partial charge in [-0.3, -0.25) is 0 Å². The van der Waals surface area contributed by atoms with Crippen LogP contribution < -0.4 is 4.74 Å². The summed E-state index contributed by atoms with van der Waals surface area (Å²) in [5.41, 5.74) is 2.95. The summed E-state index contributed by atoms with van der Waals surface area (Å²) in [6.07, 6.45) is -0.692. The van der Waals surface area contributed by atoms with E-state index in [1.54, 1.807) is 19.2 Å².